The molecule has 0 aromatic heterocycles. The van der Waals surface area contributed by atoms with Gasteiger partial charge < -0.3 is 10.1 Å². The van der Waals surface area contributed by atoms with Gasteiger partial charge in [0.25, 0.3) is 5.91 Å². The number of methoxy groups -OCH3 is 1. The third kappa shape index (κ3) is 4.73. The Morgan fingerprint density at radius 1 is 1.17 bits per heavy atom. The van der Waals surface area contributed by atoms with Gasteiger partial charge in [-0.1, -0.05) is 12.1 Å². The molecule has 4 nitrogen and oxygen atoms in total. The van der Waals surface area contributed by atoms with Crippen LogP contribution >= 0.6 is 22.6 Å². The van der Waals surface area contributed by atoms with Crippen molar-refractivity contribution >= 4 is 34.5 Å². The minimum absolute atomic E-state index is 0.0783. The van der Waals surface area contributed by atoms with Gasteiger partial charge in [0, 0.05) is 15.6 Å². The number of hydrogen-bond donors (Lipinski definition) is 1. The van der Waals surface area contributed by atoms with Crippen molar-refractivity contribution in [2.75, 3.05) is 7.11 Å². The number of amides is 1. The molecule has 24 heavy (non-hydrogen) atoms. The molecule has 0 aliphatic carbocycles. The maximum atomic E-state index is 13.2. The maximum Gasteiger partial charge on any atom is 0.328 e. The number of benzene rings is 2. The summed E-state index contributed by atoms with van der Waals surface area (Å²) in [5.74, 6) is -3.48. The molecule has 0 spiro atoms. The zero-order chi connectivity index (χ0) is 17.7. The first-order chi connectivity index (χ1) is 11.4. The molecule has 0 fully saturated rings. The van der Waals surface area contributed by atoms with Gasteiger partial charge in [-0.05, 0) is 58.5 Å². The third-order valence-corrected chi connectivity index (χ3v) is 3.97. The molecule has 2 rings (SSSR count). The van der Waals surface area contributed by atoms with Gasteiger partial charge in [-0.15, -0.1) is 0 Å². The summed E-state index contributed by atoms with van der Waals surface area (Å²) in [7, 11) is 1.22. The van der Waals surface area contributed by atoms with Crippen molar-refractivity contribution in [3.05, 3.63) is 68.8 Å². The highest BCUT2D eigenvalue weighted by molar-refractivity contribution is 14.1. The molecule has 1 amide bonds. The lowest BCUT2D eigenvalue weighted by Gasteiger charge is -2.17. The average molecular weight is 445 g/mol. The number of ether oxygens (including phenoxy) is 1. The Bertz CT molecular complexity index is 767. The fourth-order valence-electron chi connectivity index (χ4n) is 2.11. The number of carbonyl (C=O) groups excluding carboxylic acids is 2. The highest BCUT2D eigenvalue weighted by atomic mass is 127. The largest absolute Gasteiger partial charge is 0.467 e. The van der Waals surface area contributed by atoms with E-state index in [0.29, 0.717) is 0 Å². The second kappa shape index (κ2) is 8.18. The Morgan fingerprint density at radius 3 is 2.54 bits per heavy atom. The second-order valence-corrected chi connectivity index (χ2v) is 6.26. The molecular weight excluding hydrogens is 431 g/mol. The van der Waals surface area contributed by atoms with E-state index in [9.17, 15) is 18.4 Å². The van der Waals surface area contributed by atoms with Crippen LogP contribution in [-0.4, -0.2) is 25.0 Å². The molecule has 1 N–H and O–H groups in total. The number of hydrogen-bond acceptors (Lipinski definition) is 3. The van der Waals surface area contributed by atoms with Crippen LogP contribution in [0.1, 0.15) is 15.9 Å². The molecule has 0 bridgehead atoms. The van der Waals surface area contributed by atoms with Crippen molar-refractivity contribution in [1.82, 2.24) is 5.32 Å². The number of nitrogens with one attached hydrogen (secondary N) is 1. The van der Waals surface area contributed by atoms with Crippen LogP contribution in [0.4, 0.5) is 8.78 Å². The molecule has 1 atom stereocenters. The summed E-state index contributed by atoms with van der Waals surface area (Å²) in [6, 6.07) is 9.28. The first-order valence-electron chi connectivity index (χ1n) is 6.99. The molecule has 0 aliphatic rings. The maximum absolute atomic E-state index is 13.2. The van der Waals surface area contributed by atoms with Crippen LogP contribution in [0.5, 0.6) is 0 Å². The molecule has 7 heteroatoms. The van der Waals surface area contributed by atoms with E-state index in [0.717, 1.165) is 27.3 Å². The number of carbonyl (C=O) groups is 2. The van der Waals surface area contributed by atoms with Crippen LogP contribution < -0.4 is 5.32 Å². The van der Waals surface area contributed by atoms with Crippen LogP contribution in [0.25, 0.3) is 0 Å². The van der Waals surface area contributed by atoms with Gasteiger partial charge in [0.2, 0.25) is 0 Å². The van der Waals surface area contributed by atoms with E-state index in [4.69, 9.17) is 4.74 Å². The minimum Gasteiger partial charge on any atom is -0.467 e. The Labute approximate surface area is 151 Å². The molecule has 0 unspecified atom stereocenters. The van der Waals surface area contributed by atoms with E-state index >= 15 is 0 Å². The number of rotatable bonds is 5. The summed E-state index contributed by atoms with van der Waals surface area (Å²) >= 11 is 2.14. The third-order valence-electron chi connectivity index (χ3n) is 3.30. The smallest absolute Gasteiger partial charge is 0.328 e. The van der Waals surface area contributed by atoms with E-state index in [1.807, 2.05) is 24.3 Å². The van der Waals surface area contributed by atoms with E-state index in [1.54, 1.807) is 0 Å². The monoisotopic (exact) mass is 445 g/mol. The van der Waals surface area contributed by atoms with Crippen LogP contribution in [0.2, 0.25) is 0 Å². The molecular formula is C17H14F2INO3. The van der Waals surface area contributed by atoms with E-state index < -0.39 is 29.6 Å². The van der Waals surface area contributed by atoms with Gasteiger partial charge in [-0.3, -0.25) is 4.79 Å². The molecule has 2 aromatic rings. The van der Waals surface area contributed by atoms with Crippen molar-refractivity contribution in [1.29, 1.82) is 0 Å². The Kier molecular flexibility index (Phi) is 6.24. The quantitative estimate of drug-likeness (QED) is 0.569. The van der Waals surface area contributed by atoms with Crippen LogP contribution in [0.15, 0.2) is 42.5 Å². The molecule has 0 saturated carbocycles. The van der Waals surface area contributed by atoms with Crippen LogP contribution in [0.3, 0.4) is 0 Å². The van der Waals surface area contributed by atoms with E-state index in [2.05, 4.69) is 27.9 Å². The van der Waals surface area contributed by atoms with Gasteiger partial charge in [0.1, 0.15) is 6.04 Å². The Hall–Kier alpha value is -2.03. The Balaban J connectivity index is 2.17. The molecule has 0 saturated heterocycles. The van der Waals surface area contributed by atoms with Crippen LogP contribution in [-0.2, 0) is 16.0 Å². The summed E-state index contributed by atoms with van der Waals surface area (Å²) in [6.07, 6.45) is 0.221. The average Bonchev–Trinajstić information content (AvgIpc) is 2.56. The van der Waals surface area contributed by atoms with Gasteiger partial charge in [-0.2, -0.15) is 0 Å². The molecule has 126 valence electrons. The normalized spacial score (nSPS) is 11.7. The fourth-order valence-corrected chi connectivity index (χ4v) is 2.72. The summed E-state index contributed by atoms with van der Waals surface area (Å²) in [4.78, 5) is 24.1. The zero-order valence-corrected chi connectivity index (χ0v) is 14.8. The summed E-state index contributed by atoms with van der Waals surface area (Å²) in [5, 5.41) is 2.49. The van der Waals surface area contributed by atoms with Crippen molar-refractivity contribution in [3.8, 4) is 0 Å². The van der Waals surface area contributed by atoms with Gasteiger partial charge in [-0.25, -0.2) is 13.6 Å². The standard InChI is InChI=1S/C17H14F2INO3/c1-24-17(23)15(8-10-3-2-4-12(20)7-10)21-16(22)11-5-6-13(18)14(19)9-11/h2-7,9,15H,8H2,1H3,(H,21,22)/t15-/m1/s1. The predicted molar refractivity (Wildman–Crippen MR) is 92.5 cm³/mol. The molecule has 0 heterocycles. The SMILES string of the molecule is COC(=O)[C@@H](Cc1cccc(I)c1)NC(=O)c1ccc(F)c(F)c1. The zero-order valence-electron chi connectivity index (χ0n) is 12.7. The van der Waals surface area contributed by atoms with Crippen molar-refractivity contribution in [2.24, 2.45) is 0 Å². The summed E-state index contributed by atoms with van der Waals surface area (Å²) < 4.78 is 31.9. The van der Waals surface area contributed by atoms with Gasteiger partial charge >= 0.3 is 5.97 Å². The van der Waals surface area contributed by atoms with Crippen molar-refractivity contribution < 1.29 is 23.1 Å². The first-order valence-corrected chi connectivity index (χ1v) is 8.06. The van der Waals surface area contributed by atoms with E-state index in [1.165, 1.54) is 7.11 Å². The molecule has 2 aromatic carbocycles. The fraction of sp³-hybridized carbons (Fsp3) is 0.176. The Morgan fingerprint density at radius 2 is 1.92 bits per heavy atom. The number of halogens is 3. The van der Waals surface area contributed by atoms with Gasteiger partial charge in [0.05, 0.1) is 7.11 Å². The van der Waals surface area contributed by atoms with E-state index in [-0.39, 0.29) is 12.0 Å². The number of esters is 1. The highest BCUT2D eigenvalue weighted by Gasteiger charge is 2.23. The topological polar surface area (TPSA) is 55.4 Å². The summed E-state index contributed by atoms with van der Waals surface area (Å²) in [5.41, 5.74) is 0.758. The van der Waals surface area contributed by atoms with Crippen molar-refractivity contribution in [2.45, 2.75) is 12.5 Å². The molecule has 0 aliphatic heterocycles. The predicted octanol–water partition coefficient (Wildman–Crippen LogP) is 3.08. The second-order valence-electron chi connectivity index (χ2n) is 5.01. The van der Waals surface area contributed by atoms with Crippen LogP contribution in [0, 0.1) is 15.2 Å². The minimum atomic E-state index is -1.13. The first kappa shape index (κ1) is 18.3. The molecule has 0 radical (unpaired) electrons. The highest BCUT2D eigenvalue weighted by Crippen LogP contribution is 2.12. The lowest BCUT2D eigenvalue weighted by Crippen LogP contribution is -2.43. The summed E-state index contributed by atoms with van der Waals surface area (Å²) in [6.45, 7) is 0. The lowest BCUT2D eigenvalue weighted by molar-refractivity contribution is -0.142. The van der Waals surface area contributed by atoms with Gasteiger partial charge in [0.15, 0.2) is 11.6 Å². The van der Waals surface area contributed by atoms with Crippen molar-refractivity contribution in [3.63, 3.8) is 0 Å². The lowest BCUT2D eigenvalue weighted by atomic mass is 10.1.